The summed E-state index contributed by atoms with van der Waals surface area (Å²) in [6.07, 6.45) is 6.29. The molecule has 1 fully saturated rings. The topological polar surface area (TPSA) is 55.1 Å². The highest BCUT2D eigenvalue weighted by Gasteiger charge is 2.17. The van der Waals surface area contributed by atoms with Gasteiger partial charge in [0.1, 0.15) is 10.8 Å². The first-order chi connectivity index (χ1) is 9.56. The van der Waals surface area contributed by atoms with E-state index in [9.17, 15) is 9.18 Å². The van der Waals surface area contributed by atoms with Gasteiger partial charge in [-0.1, -0.05) is 31.5 Å². The van der Waals surface area contributed by atoms with Crippen molar-refractivity contribution in [2.75, 3.05) is 5.32 Å². The fraction of sp³-hybridized carbons (Fsp3) is 0.467. The summed E-state index contributed by atoms with van der Waals surface area (Å²) in [7, 11) is 0. The van der Waals surface area contributed by atoms with Crippen LogP contribution in [0.5, 0.6) is 0 Å². The summed E-state index contributed by atoms with van der Waals surface area (Å²) in [5.41, 5.74) is 6.08. The van der Waals surface area contributed by atoms with Crippen LogP contribution in [-0.2, 0) is 4.79 Å². The largest absolute Gasteiger partial charge is 0.389 e. The quantitative estimate of drug-likeness (QED) is 0.837. The molecule has 3 nitrogen and oxygen atoms in total. The summed E-state index contributed by atoms with van der Waals surface area (Å²) in [6.45, 7) is 0. The summed E-state index contributed by atoms with van der Waals surface area (Å²) in [6, 6.07) is 4.36. The molecule has 1 amide bonds. The Labute approximate surface area is 123 Å². The van der Waals surface area contributed by atoms with Crippen LogP contribution in [0.4, 0.5) is 10.1 Å². The summed E-state index contributed by atoms with van der Waals surface area (Å²) in [5.74, 6) is -0.200. The van der Waals surface area contributed by atoms with Gasteiger partial charge in [-0.15, -0.1) is 0 Å². The second-order valence-corrected chi connectivity index (χ2v) is 5.76. The van der Waals surface area contributed by atoms with Gasteiger partial charge in [0.2, 0.25) is 5.91 Å². The normalized spacial score (nSPS) is 15.8. The van der Waals surface area contributed by atoms with Gasteiger partial charge in [0, 0.05) is 12.0 Å². The highest BCUT2D eigenvalue weighted by atomic mass is 32.1. The van der Waals surface area contributed by atoms with Gasteiger partial charge in [0.15, 0.2) is 0 Å². The summed E-state index contributed by atoms with van der Waals surface area (Å²) >= 11 is 4.78. The number of rotatable bonds is 4. The first kappa shape index (κ1) is 14.9. The van der Waals surface area contributed by atoms with Crippen molar-refractivity contribution in [3.05, 3.63) is 29.6 Å². The van der Waals surface area contributed by atoms with E-state index in [0.717, 1.165) is 12.8 Å². The number of amides is 1. The lowest BCUT2D eigenvalue weighted by Gasteiger charge is -2.20. The minimum Gasteiger partial charge on any atom is -0.389 e. The Kier molecular flexibility index (Phi) is 5.06. The molecular formula is C15H19FN2OS. The highest BCUT2D eigenvalue weighted by molar-refractivity contribution is 7.80. The van der Waals surface area contributed by atoms with Gasteiger partial charge in [-0.25, -0.2) is 4.39 Å². The molecule has 0 aromatic heterocycles. The van der Waals surface area contributed by atoms with Crippen LogP contribution in [0, 0.1) is 11.7 Å². The summed E-state index contributed by atoms with van der Waals surface area (Å²) in [4.78, 5) is 12.1. The van der Waals surface area contributed by atoms with E-state index in [-0.39, 0.29) is 16.6 Å². The predicted octanol–water partition coefficient (Wildman–Crippen LogP) is 3.37. The standard InChI is InChI=1S/C15H19FN2OS/c16-12-9-11(15(17)20)6-7-13(12)18-14(19)8-10-4-2-1-3-5-10/h6-7,9-10H,1-5,8H2,(H2,17,20)(H,18,19). The Morgan fingerprint density at radius 1 is 1.35 bits per heavy atom. The third kappa shape index (κ3) is 4.00. The van der Waals surface area contributed by atoms with Crippen molar-refractivity contribution in [2.45, 2.75) is 38.5 Å². The number of benzene rings is 1. The average Bonchev–Trinajstić information content (AvgIpc) is 2.42. The molecule has 3 N–H and O–H groups in total. The molecule has 0 unspecified atom stereocenters. The molecule has 1 aliphatic rings. The SMILES string of the molecule is NC(=S)c1ccc(NC(=O)CC2CCCCC2)c(F)c1. The molecule has 1 aromatic rings. The molecule has 0 radical (unpaired) electrons. The van der Waals surface area contributed by atoms with E-state index in [2.05, 4.69) is 5.32 Å². The molecule has 0 bridgehead atoms. The third-order valence-electron chi connectivity index (χ3n) is 3.73. The van der Waals surface area contributed by atoms with E-state index >= 15 is 0 Å². The van der Waals surface area contributed by atoms with Gasteiger partial charge in [0.25, 0.3) is 0 Å². The molecule has 1 aromatic carbocycles. The first-order valence-electron chi connectivity index (χ1n) is 6.95. The first-order valence-corrected chi connectivity index (χ1v) is 7.36. The molecule has 1 aliphatic carbocycles. The second-order valence-electron chi connectivity index (χ2n) is 5.32. The Morgan fingerprint density at radius 2 is 2.05 bits per heavy atom. The predicted molar refractivity (Wildman–Crippen MR) is 82.1 cm³/mol. The Morgan fingerprint density at radius 3 is 2.65 bits per heavy atom. The molecule has 20 heavy (non-hydrogen) atoms. The number of nitrogens with two attached hydrogens (primary N) is 1. The zero-order valence-corrected chi connectivity index (χ0v) is 12.1. The van der Waals surface area contributed by atoms with Gasteiger partial charge in [-0.2, -0.15) is 0 Å². The van der Waals surface area contributed by atoms with Crippen molar-refractivity contribution in [1.82, 2.24) is 0 Å². The number of hydrogen-bond acceptors (Lipinski definition) is 2. The number of thiocarbonyl (C=S) groups is 1. The number of hydrogen-bond donors (Lipinski definition) is 2. The maximum atomic E-state index is 13.8. The smallest absolute Gasteiger partial charge is 0.224 e. The van der Waals surface area contributed by atoms with Gasteiger partial charge in [-0.05, 0) is 37.0 Å². The van der Waals surface area contributed by atoms with E-state index in [0.29, 0.717) is 17.9 Å². The van der Waals surface area contributed by atoms with Gasteiger partial charge in [-0.3, -0.25) is 4.79 Å². The maximum absolute atomic E-state index is 13.8. The zero-order valence-electron chi connectivity index (χ0n) is 11.3. The van der Waals surface area contributed by atoms with Crippen LogP contribution >= 0.6 is 12.2 Å². The lowest BCUT2D eigenvalue weighted by Crippen LogP contribution is -2.19. The van der Waals surface area contributed by atoms with Crippen molar-refractivity contribution in [1.29, 1.82) is 0 Å². The van der Waals surface area contributed by atoms with Crippen LogP contribution in [0.15, 0.2) is 18.2 Å². The van der Waals surface area contributed by atoms with E-state index < -0.39 is 5.82 Å². The van der Waals surface area contributed by atoms with Gasteiger partial charge < -0.3 is 11.1 Å². The number of carbonyl (C=O) groups is 1. The Hall–Kier alpha value is -1.49. The van der Waals surface area contributed by atoms with Crippen molar-refractivity contribution >= 4 is 28.8 Å². The number of halogens is 1. The minimum absolute atomic E-state index is 0.126. The number of anilines is 1. The zero-order chi connectivity index (χ0) is 14.5. The third-order valence-corrected chi connectivity index (χ3v) is 3.96. The summed E-state index contributed by atoms with van der Waals surface area (Å²) in [5, 5.41) is 2.63. The van der Waals surface area contributed by atoms with Crippen molar-refractivity contribution in [2.24, 2.45) is 11.7 Å². The monoisotopic (exact) mass is 294 g/mol. The molecule has 1 saturated carbocycles. The molecular weight excluding hydrogens is 275 g/mol. The van der Waals surface area contributed by atoms with Crippen LogP contribution in [0.3, 0.4) is 0 Å². The fourth-order valence-electron chi connectivity index (χ4n) is 2.62. The maximum Gasteiger partial charge on any atom is 0.224 e. The summed E-state index contributed by atoms with van der Waals surface area (Å²) < 4.78 is 13.8. The van der Waals surface area contributed by atoms with Crippen LogP contribution in [0.2, 0.25) is 0 Å². The molecule has 0 spiro atoms. The van der Waals surface area contributed by atoms with Crippen molar-refractivity contribution < 1.29 is 9.18 Å². The van der Waals surface area contributed by atoms with Crippen LogP contribution < -0.4 is 11.1 Å². The molecule has 2 rings (SSSR count). The minimum atomic E-state index is -0.507. The fourth-order valence-corrected chi connectivity index (χ4v) is 2.75. The van der Waals surface area contributed by atoms with Crippen molar-refractivity contribution in [3.8, 4) is 0 Å². The van der Waals surface area contributed by atoms with E-state index in [4.69, 9.17) is 18.0 Å². The highest BCUT2D eigenvalue weighted by Crippen LogP contribution is 2.27. The molecule has 0 aliphatic heterocycles. The molecule has 0 heterocycles. The lowest BCUT2D eigenvalue weighted by atomic mass is 9.87. The van der Waals surface area contributed by atoms with Gasteiger partial charge >= 0.3 is 0 Å². The van der Waals surface area contributed by atoms with Crippen LogP contribution in [0.25, 0.3) is 0 Å². The Balaban J connectivity index is 1.95. The molecule has 0 atom stereocenters. The molecule has 108 valence electrons. The van der Waals surface area contributed by atoms with E-state index in [1.807, 2.05) is 0 Å². The van der Waals surface area contributed by atoms with Crippen molar-refractivity contribution in [3.63, 3.8) is 0 Å². The molecule has 0 saturated heterocycles. The van der Waals surface area contributed by atoms with E-state index in [1.54, 1.807) is 6.07 Å². The average molecular weight is 294 g/mol. The number of nitrogens with one attached hydrogen (secondary N) is 1. The van der Waals surface area contributed by atoms with E-state index in [1.165, 1.54) is 31.4 Å². The van der Waals surface area contributed by atoms with Gasteiger partial charge in [0.05, 0.1) is 5.69 Å². The van der Waals surface area contributed by atoms with Crippen LogP contribution in [-0.4, -0.2) is 10.9 Å². The number of carbonyl (C=O) groups excluding carboxylic acids is 1. The lowest BCUT2D eigenvalue weighted by molar-refractivity contribution is -0.117. The Bertz CT molecular complexity index is 513. The van der Waals surface area contributed by atoms with Crippen LogP contribution in [0.1, 0.15) is 44.1 Å². The second kappa shape index (κ2) is 6.79. The molecule has 5 heteroatoms.